The molecule has 1 atom stereocenters. The van der Waals surface area contributed by atoms with Gasteiger partial charge < -0.3 is 15.7 Å². The second-order valence-corrected chi connectivity index (χ2v) is 6.58. The van der Waals surface area contributed by atoms with Gasteiger partial charge in [-0.25, -0.2) is 13.9 Å². The van der Waals surface area contributed by atoms with E-state index in [1.165, 1.54) is 41.2 Å². The van der Waals surface area contributed by atoms with Crippen LogP contribution in [0, 0.1) is 5.82 Å². The highest BCUT2D eigenvalue weighted by Crippen LogP contribution is 2.29. The summed E-state index contributed by atoms with van der Waals surface area (Å²) in [5.41, 5.74) is 1.47. The van der Waals surface area contributed by atoms with Crippen molar-refractivity contribution < 1.29 is 19.1 Å². The molecule has 0 bridgehead atoms. The summed E-state index contributed by atoms with van der Waals surface area (Å²) in [7, 11) is 0. The van der Waals surface area contributed by atoms with E-state index in [1.807, 2.05) is 36.4 Å². The minimum Gasteiger partial charge on any atom is -0.477 e. The van der Waals surface area contributed by atoms with Gasteiger partial charge in [-0.2, -0.15) is 5.10 Å². The summed E-state index contributed by atoms with van der Waals surface area (Å²) in [5, 5.41) is 19.2. The summed E-state index contributed by atoms with van der Waals surface area (Å²) in [4.78, 5) is 24.3. The number of carbonyl (C=O) groups excluding carboxylic acids is 1. The number of hydrogen-bond donors (Lipinski definition) is 3. The molecule has 0 aliphatic carbocycles. The van der Waals surface area contributed by atoms with Gasteiger partial charge in [0.05, 0.1) is 12.2 Å². The summed E-state index contributed by atoms with van der Waals surface area (Å²) in [6.45, 7) is 0. The number of halogens is 1. The maximum absolute atomic E-state index is 13.1. The summed E-state index contributed by atoms with van der Waals surface area (Å²) < 4.78 is 14.6. The predicted octanol–water partition coefficient (Wildman–Crippen LogP) is 3.92. The van der Waals surface area contributed by atoms with E-state index in [4.69, 9.17) is 0 Å². The molecule has 1 amide bonds. The molecule has 1 aliphatic heterocycles. The molecule has 1 unspecified atom stereocenters. The topological polar surface area (TPSA) is 96.2 Å². The van der Waals surface area contributed by atoms with Crippen LogP contribution in [0.4, 0.5) is 15.9 Å². The first kappa shape index (κ1) is 19.1. The average molecular weight is 404 g/mol. The number of hydrogen-bond acceptors (Lipinski definition) is 4. The first-order valence-corrected chi connectivity index (χ1v) is 9.11. The highest BCUT2D eigenvalue weighted by molar-refractivity contribution is 6.08. The lowest BCUT2D eigenvalue weighted by Crippen LogP contribution is -2.24. The molecule has 0 spiro atoms. The summed E-state index contributed by atoms with van der Waals surface area (Å²) in [5.74, 6) is -1.79. The Kier molecular flexibility index (Phi) is 5.13. The molecule has 0 saturated carbocycles. The lowest BCUT2D eigenvalue weighted by molar-refractivity contribution is -0.132. The summed E-state index contributed by atoms with van der Waals surface area (Å²) in [6.07, 6.45) is 6.54. The Labute approximate surface area is 171 Å². The molecule has 7 nitrogen and oxygen atoms in total. The van der Waals surface area contributed by atoms with E-state index in [1.54, 1.807) is 6.08 Å². The molecule has 1 aliphatic rings. The molecule has 2 heterocycles. The van der Waals surface area contributed by atoms with Gasteiger partial charge in [-0.1, -0.05) is 42.5 Å². The zero-order valence-corrected chi connectivity index (χ0v) is 15.6. The molecular formula is C22H17FN4O3. The van der Waals surface area contributed by atoms with Crippen LogP contribution in [-0.2, 0) is 4.79 Å². The van der Waals surface area contributed by atoms with Crippen LogP contribution in [-0.4, -0.2) is 26.8 Å². The number of amides is 1. The van der Waals surface area contributed by atoms with Gasteiger partial charge in [0, 0.05) is 5.69 Å². The number of allylic oxidation sites excluding steroid dienone is 2. The van der Waals surface area contributed by atoms with Crippen LogP contribution in [0.2, 0.25) is 0 Å². The number of benzene rings is 2. The van der Waals surface area contributed by atoms with E-state index in [9.17, 15) is 19.1 Å². The third kappa shape index (κ3) is 3.97. The van der Waals surface area contributed by atoms with Gasteiger partial charge in [0.15, 0.2) is 0 Å². The number of rotatable bonds is 5. The van der Waals surface area contributed by atoms with Gasteiger partial charge in [-0.15, -0.1) is 0 Å². The van der Waals surface area contributed by atoms with Crippen LogP contribution in [0.1, 0.15) is 22.0 Å². The van der Waals surface area contributed by atoms with E-state index >= 15 is 0 Å². The maximum atomic E-state index is 13.1. The largest absolute Gasteiger partial charge is 0.477 e. The Morgan fingerprint density at radius 2 is 1.87 bits per heavy atom. The van der Waals surface area contributed by atoms with Crippen molar-refractivity contribution in [1.82, 2.24) is 9.78 Å². The molecular weight excluding hydrogens is 387 g/mol. The molecule has 2 aromatic carbocycles. The second kappa shape index (κ2) is 8.04. The van der Waals surface area contributed by atoms with Crippen LogP contribution in [0.25, 0.3) is 6.08 Å². The smallest absolute Gasteiger partial charge is 0.352 e. The van der Waals surface area contributed by atoms with Crippen molar-refractivity contribution in [2.45, 2.75) is 6.04 Å². The van der Waals surface area contributed by atoms with Crippen LogP contribution >= 0.6 is 0 Å². The third-order valence-corrected chi connectivity index (χ3v) is 4.53. The first-order valence-electron chi connectivity index (χ1n) is 9.11. The highest BCUT2D eigenvalue weighted by atomic mass is 19.1. The van der Waals surface area contributed by atoms with Gasteiger partial charge in [-0.3, -0.25) is 4.79 Å². The van der Waals surface area contributed by atoms with Crippen LogP contribution in [0.15, 0.2) is 78.6 Å². The number of aliphatic carboxylic acids is 1. The van der Waals surface area contributed by atoms with E-state index in [-0.39, 0.29) is 17.1 Å². The predicted molar refractivity (Wildman–Crippen MR) is 110 cm³/mol. The van der Waals surface area contributed by atoms with Crippen molar-refractivity contribution in [2.75, 3.05) is 10.6 Å². The van der Waals surface area contributed by atoms with E-state index in [0.29, 0.717) is 5.69 Å². The van der Waals surface area contributed by atoms with Crippen LogP contribution in [0.3, 0.4) is 0 Å². The Balaban J connectivity index is 1.64. The van der Waals surface area contributed by atoms with Crippen molar-refractivity contribution in [3.63, 3.8) is 0 Å². The zero-order valence-electron chi connectivity index (χ0n) is 15.6. The lowest BCUT2D eigenvalue weighted by atomic mass is 10.1. The minimum atomic E-state index is -1.15. The lowest BCUT2D eigenvalue weighted by Gasteiger charge is -2.22. The number of carbonyl (C=O) groups is 2. The van der Waals surface area contributed by atoms with Crippen molar-refractivity contribution in [3.05, 3.63) is 95.6 Å². The van der Waals surface area contributed by atoms with Gasteiger partial charge in [0.1, 0.15) is 22.9 Å². The molecule has 4 rings (SSSR count). The third-order valence-electron chi connectivity index (χ3n) is 4.53. The number of fused-ring (bicyclic) bond motifs is 1. The molecule has 3 N–H and O–H groups in total. The van der Waals surface area contributed by atoms with Crippen molar-refractivity contribution in [2.24, 2.45) is 0 Å². The number of carboxylic acids is 1. The number of nitrogens with one attached hydrogen (secondary N) is 2. The van der Waals surface area contributed by atoms with Gasteiger partial charge in [-0.05, 0) is 35.9 Å². The fraction of sp³-hybridized carbons (Fsp3) is 0.0455. The fourth-order valence-electron chi connectivity index (χ4n) is 3.06. The van der Waals surface area contributed by atoms with Gasteiger partial charge >= 0.3 is 5.97 Å². The molecule has 30 heavy (non-hydrogen) atoms. The summed E-state index contributed by atoms with van der Waals surface area (Å²) in [6, 6.07) is 14.4. The molecule has 1 aromatic heterocycles. The first-order chi connectivity index (χ1) is 14.5. The van der Waals surface area contributed by atoms with Crippen molar-refractivity contribution in [1.29, 1.82) is 0 Å². The van der Waals surface area contributed by atoms with E-state index < -0.39 is 23.7 Å². The Morgan fingerprint density at radius 1 is 1.13 bits per heavy atom. The molecule has 3 aromatic rings. The number of anilines is 2. The van der Waals surface area contributed by atoms with Gasteiger partial charge in [0.2, 0.25) is 0 Å². The molecule has 150 valence electrons. The Morgan fingerprint density at radius 3 is 2.57 bits per heavy atom. The molecule has 0 saturated heterocycles. The van der Waals surface area contributed by atoms with E-state index in [2.05, 4.69) is 15.7 Å². The Hall–Kier alpha value is -4.20. The Bertz CT molecular complexity index is 1150. The summed E-state index contributed by atoms with van der Waals surface area (Å²) >= 11 is 0. The van der Waals surface area contributed by atoms with Crippen LogP contribution in [0.5, 0.6) is 0 Å². The normalized spacial score (nSPS) is 15.2. The monoisotopic (exact) mass is 404 g/mol. The number of carboxylic acid groups (broad SMARTS) is 1. The number of aromatic nitrogens is 2. The quantitative estimate of drug-likeness (QED) is 0.599. The van der Waals surface area contributed by atoms with Gasteiger partial charge in [0.25, 0.3) is 5.91 Å². The molecule has 0 radical (unpaired) electrons. The van der Waals surface area contributed by atoms with E-state index in [0.717, 1.165) is 5.56 Å². The van der Waals surface area contributed by atoms with Crippen molar-refractivity contribution in [3.8, 4) is 0 Å². The maximum Gasteiger partial charge on any atom is 0.352 e. The van der Waals surface area contributed by atoms with Crippen LogP contribution < -0.4 is 10.6 Å². The average Bonchev–Trinajstić information content (AvgIpc) is 3.18. The fourth-order valence-corrected chi connectivity index (χ4v) is 3.06. The van der Waals surface area contributed by atoms with Crippen molar-refractivity contribution >= 4 is 29.5 Å². The zero-order chi connectivity index (χ0) is 21.1. The standard InChI is InChI=1S/C22H17FN4O3/c23-15-7-9-16(10-8-15)25-21(28)18-13-24-27-17(11-6-14-4-2-1-3-5-14)12-19(22(29)30)26-20(18)27/h1-13,17,26H,(H,25,28)(H,29,30). The SMILES string of the molecule is O=C(O)C1=CC(C=Cc2ccccc2)n2ncc(C(=O)Nc3ccc(F)cc3)c2N1. The second-order valence-electron chi connectivity index (χ2n) is 6.58. The highest BCUT2D eigenvalue weighted by Gasteiger charge is 2.27. The molecule has 8 heteroatoms. The number of nitrogens with zero attached hydrogens (tertiary/aromatic N) is 2. The minimum absolute atomic E-state index is 0.0541. The molecule has 0 fully saturated rings.